The van der Waals surface area contributed by atoms with Crippen molar-refractivity contribution < 1.29 is 28.5 Å². The fourth-order valence-electron chi connectivity index (χ4n) is 5.53. The summed E-state index contributed by atoms with van der Waals surface area (Å²) in [7, 11) is 1.70. The van der Waals surface area contributed by atoms with Crippen LogP contribution in [0.5, 0.6) is 23.0 Å². The topological polar surface area (TPSA) is 78.5 Å². The third-order valence-electron chi connectivity index (χ3n) is 7.38. The van der Waals surface area contributed by atoms with E-state index in [-0.39, 0.29) is 18.9 Å². The van der Waals surface area contributed by atoms with Gasteiger partial charge in [-0.3, -0.25) is 0 Å². The van der Waals surface area contributed by atoms with E-state index in [0.29, 0.717) is 13.2 Å². The lowest BCUT2D eigenvalue weighted by Gasteiger charge is -2.42. The normalized spacial score (nSPS) is 17.0. The van der Waals surface area contributed by atoms with E-state index in [0.717, 1.165) is 67.2 Å². The first-order valence-electron chi connectivity index (χ1n) is 14.0. The zero-order valence-electron chi connectivity index (χ0n) is 23.7. The molecule has 0 radical (unpaired) electrons. The number of hydrogen-bond donors (Lipinski definition) is 1. The summed E-state index contributed by atoms with van der Waals surface area (Å²) in [4.78, 5) is 14.2. The van der Waals surface area contributed by atoms with Gasteiger partial charge in [0.25, 0.3) is 0 Å². The van der Waals surface area contributed by atoms with Gasteiger partial charge < -0.3 is 33.9 Å². The maximum Gasteiger partial charge on any atom is 0.407 e. The lowest BCUT2D eigenvalue weighted by Crippen LogP contribution is -2.34. The van der Waals surface area contributed by atoms with Gasteiger partial charge in [-0.15, -0.1) is 0 Å². The minimum Gasteiger partial charge on any atom is -0.493 e. The van der Waals surface area contributed by atoms with Gasteiger partial charge in [-0.05, 0) is 82.4 Å². The predicted molar refractivity (Wildman–Crippen MR) is 150 cm³/mol. The fraction of sp³-hybridized carbons (Fsp3) is 0.516. The summed E-state index contributed by atoms with van der Waals surface area (Å²) in [6.45, 7) is 10.3. The molecule has 210 valence electrons. The molecule has 0 aromatic heterocycles. The van der Waals surface area contributed by atoms with Crippen molar-refractivity contribution in [2.75, 3.05) is 33.6 Å². The van der Waals surface area contributed by atoms with Crippen LogP contribution in [-0.2, 0) is 11.2 Å². The van der Waals surface area contributed by atoms with Crippen LogP contribution in [0.15, 0.2) is 24.3 Å². The number of rotatable bonds is 9. The molecule has 3 aliphatic rings. The summed E-state index contributed by atoms with van der Waals surface area (Å²) >= 11 is 0. The second-order valence-corrected chi connectivity index (χ2v) is 11.3. The molecular formula is C31H40N2O6. The third kappa shape index (κ3) is 5.89. The van der Waals surface area contributed by atoms with Crippen LogP contribution in [-0.4, -0.2) is 50.2 Å². The average molecular weight is 537 g/mol. The Bertz CT molecular complexity index is 1250. The number of nitrogens with zero attached hydrogens (tertiary/aromatic N) is 1. The molecule has 3 heterocycles. The van der Waals surface area contributed by atoms with Crippen molar-refractivity contribution in [2.45, 2.75) is 71.4 Å². The molecule has 2 aromatic rings. The second kappa shape index (κ2) is 11.3. The Labute approximate surface area is 231 Å². The molecule has 1 atom stereocenters. The van der Waals surface area contributed by atoms with Crippen LogP contribution >= 0.6 is 0 Å². The highest BCUT2D eigenvalue weighted by atomic mass is 16.7. The van der Waals surface area contributed by atoms with E-state index < -0.39 is 5.60 Å². The van der Waals surface area contributed by atoms with Crippen molar-refractivity contribution >= 4 is 17.9 Å². The quantitative estimate of drug-likeness (QED) is 0.376. The van der Waals surface area contributed by atoms with Crippen LogP contribution in [0.4, 0.5) is 4.79 Å². The van der Waals surface area contributed by atoms with Gasteiger partial charge in [0.2, 0.25) is 6.79 Å². The van der Waals surface area contributed by atoms with Crippen LogP contribution < -0.4 is 24.3 Å². The van der Waals surface area contributed by atoms with Gasteiger partial charge in [0.05, 0.1) is 19.8 Å². The van der Waals surface area contributed by atoms with Crippen molar-refractivity contribution in [1.29, 1.82) is 0 Å². The number of methoxy groups -OCH3 is 1. The minimum absolute atomic E-state index is 0.141. The van der Waals surface area contributed by atoms with Crippen molar-refractivity contribution in [1.82, 2.24) is 10.2 Å². The summed E-state index contributed by atoms with van der Waals surface area (Å²) < 4.78 is 28.7. The van der Waals surface area contributed by atoms with Gasteiger partial charge in [0, 0.05) is 29.9 Å². The molecule has 0 unspecified atom stereocenters. The third-order valence-corrected chi connectivity index (χ3v) is 7.38. The molecule has 0 aliphatic carbocycles. The number of carbonyl (C=O) groups excluding carboxylic acids is 1. The van der Waals surface area contributed by atoms with Gasteiger partial charge in [0.1, 0.15) is 5.60 Å². The smallest absolute Gasteiger partial charge is 0.407 e. The number of nitrogens with one attached hydrogen (secondary N) is 1. The van der Waals surface area contributed by atoms with Crippen LogP contribution in [0.2, 0.25) is 0 Å². The molecule has 0 saturated heterocycles. The number of alkyl carbamates (subject to hydrolysis) is 1. The largest absolute Gasteiger partial charge is 0.493 e. The molecule has 0 spiro atoms. The molecule has 3 aliphatic heterocycles. The van der Waals surface area contributed by atoms with Crippen LogP contribution in [0.1, 0.15) is 81.7 Å². The molecule has 0 bridgehead atoms. The summed E-state index contributed by atoms with van der Waals surface area (Å²) in [5, 5.41) is 2.82. The number of benzene rings is 2. The number of fused-ring (bicyclic) bond motifs is 5. The number of unbranched alkanes of at least 4 members (excludes halogenated alkanes) is 3. The lowest BCUT2D eigenvalue weighted by atomic mass is 9.86. The molecule has 8 heteroatoms. The molecule has 0 saturated carbocycles. The van der Waals surface area contributed by atoms with Gasteiger partial charge in [-0.25, -0.2) is 4.79 Å². The van der Waals surface area contributed by atoms with Crippen molar-refractivity contribution in [3.05, 3.63) is 46.5 Å². The average Bonchev–Trinajstić information content (AvgIpc) is 3.35. The molecule has 5 rings (SSSR count). The number of hydrogen-bond acceptors (Lipinski definition) is 7. The first-order chi connectivity index (χ1) is 18.7. The SMILES string of the molecule is COc1ccc2c(c1OCCCCCCNC(=O)OC(C)(C)C)[C@@H](C)N1CCc3cc4c(cc3C1=C2)OCO4. The Morgan fingerprint density at radius 3 is 2.64 bits per heavy atom. The number of ether oxygens (including phenoxy) is 5. The van der Waals surface area contributed by atoms with E-state index in [1.165, 1.54) is 22.4 Å². The summed E-state index contributed by atoms with van der Waals surface area (Å²) in [6.07, 6.45) is 6.72. The highest BCUT2D eigenvalue weighted by Gasteiger charge is 2.34. The monoisotopic (exact) mass is 536 g/mol. The Morgan fingerprint density at radius 2 is 1.87 bits per heavy atom. The second-order valence-electron chi connectivity index (χ2n) is 11.3. The Hall–Kier alpha value is -3.55. The standard InChI is InChI=1S/C31H40N2O6/c1-20-28-22(16-24-23-18-27-26(37-19-38-27)17-21(23)12-14-33(20)24)10-11-25(35-5)29(28)36-15-9-7-6-8-13-32-30(34)39-31(2,3)4/h10-11,16-18,20H,6-9,12-15,19H2,1-5H3,(H,32,34)/t20-/m1/s1. The first-order valence-corrected chi connectivity index (χ1v) is 14.0. The fourth-order valence-corrected chi connectivity index (χ4v) is 5.53. The summed E-state index contributed by atoms with van der Waals surface area (Å²) in [6, 6.07) is 8.52. The number of amides is 1. The van der Waals surface area contributed by atoms with E-state index in [1.54, 1.807) is 7.11 Å². The molecule has 8 nitrogen and oxygen atoms in total. The maximum absolute atomic E-state index is 11.8. The Kier molecular flexibility index (Phi) is 7.82. The molecule has 39 heavy (non-hydrogen) atoms. The van der Waals surface area contributed by atoms with Gasteiger partial charge in [-0.2, -0.15) is 0 Å². The molecule has 0 fully saturated rings. The van der Waals surface area contributed by atoms with E-state index in [9.17, 15) is 4.79 Å². The maximum atomic E-state index is 11.8. The summed E-state index contributed by atoms with van der Waals surface area (Å²) in [5.74, 6) is 3.25. The van der Waals surface area contributed by atoms with E-state index in [4.69, 9.17) is 23.7 Å². The molecule has 1 N–H and O–H groups in total. The van der Waals surface area contributed by atoms with Gasteiger partial charge in [-0.1, -0.05) is 18.9 Å². The van der Waals surface area contributed by atoms with Crippen LogP contribution in [0, 0.1) is 0 Å². The molecule has 1 amide bonds. The minimum atomic E-state index is -0.475. The highest BCUT2D eigenvalue weighted by molar-refractivity contribution is 5.88. The van der Waals surface area contributed by atoms with Crippen LogP contribution in [0.25, 0.3) is 11.8 Å². The number of carbonyl (C=O) groups is 1. The first kappa shape index (κ1) is 27.0. The highest BCUT2D eigenvalue weighted by Crippen LogP contribution is 2.49. The van der Waals surface area contributed by atoms with Gasteiger partial charge >= 0.3 is 6.09 Å². The van der Waals surface area contributed by atoms with Crippen molar-refractivity contribution in [2.24, 2.45) is 0 Å². The molecule has 2 aromatic carbocycles. The van der Waals surface area contributed by atoms with E-state index in [2.05, 4.69) is 41.4 Å². The van der Waals surface area contributed by atoms with Gasteiger partial charge in [0.15, 0.2) is 23.0 Å². The Balaban J connectivity index is 1.22. The van der Waals surface area contributed by atoms with Crippen molar-refractivity contribution in [3.8, 4) is 23.0 Å². The Morgan fingerprint density at radius 1 is 1.10 bits per heavy atom. The van der Waals surface area contributed by atoms with E-state index in [1.807, 2.05) is 26.8 Å². The predicted octanol–water partition coefficient (Wildman–Crippen LogP) is 6.32. The summed E-state index contributed by atoms with van der Waals surface area (Å²) in [5.41, 5.74) is 5.57. The molecular weight excluding hydrogens is 496 g/mol. The van der Waals surface area contributed by atoms with Crippen LogP contribution in [0.3, 0.4) is 0 Å². The zero-order chi connectivity index (χ0) is 27.6. The lowest BCUT2D eigenvalue weighted by molar-refractivity contribution is 0.0527. The van der Waals surface area contributed by atoms with E-state index >= 15 is 0 Å². The zero-order valence-corrected chi connectivity index (χ0v) is 23.7. The van der Waals surface area contributed by atoms with Crippen molar-refractivity contribution in [3.63, 3.8) is 0 Å².